The van der Waals surface area contributed by atoms with E-state index in [4.69, 9.17) is 5.73 Å². The van der Waals surface area contributed by atoms with Crippen molar-refractivity contribution in [2.45, 2.75) is 57.2 Å². The Morgan fingerprint density at radius 2 is 2.00 bits per heavy atom. The lowest BCUT2D eigenvalue weighted by Gasteiger charge is -2.22. The van der Waals surface area contributed by atoms with Crippen molar-refractivity contribution in [2.75, 3.05) is 0 Å². The predicted octanol–water partition coefficient (Wildman–Crippen LogP) is 2.06. The Morgan fingerprint density at radius 3 is 2.52 bits per heavy atom. The molecule has 0 saturated heterocycles. The van der Waals surface area contributed by atoms with Gasteiger partial charge in [0.1, 0.15) is 5.25 Å². The van der Waals surface area contributed by atoms with Gasteiger partial charge in [-0.1, -0.05) is 33.1 Å². The molecule has 0 saturated carbocycles. The van der Waals surface area contributed by atoms with Gasteiger partial charge in [-0.2, -0.15) is 12.6 Å². The van der Waals surface area contributed by atoms with Crippen LogP contribution in [-0.2, 0) is 16.0 Å². The summed E-state index contributed by atoms with van der Waals surface area (Å²) >= 11 is 4.11. The number of carboxylic acid groups (broad SMARTS) is 1. The zero-order valence-corrected chi connectivity index (χ0v) is 14.6. The molecule has 1 aromatic rings. The van der Waals surface area contributed by atoms with Crippen molar-refractivity contribution in [2.24, 2.45) is 17.6 Å². The van der Waals surface area contributed by atoms with E-state index < -0.39 is 23.2 Å². The van der Waals surface area contributed by atoms with Gasteiger partial charge in [0.05, 0.1) is 12.4 Å². The second-order valence-corrected chi connectivity index (χ2v) is 6.91. The maximum Gasteiger partial charge on any atom is 0.317 e. The number of rotatable bonds is 11. The number of aromatic amines is 1. The van der Waals surface area contributed by atoms with E-state index in [1.807, 2.05) is 0 Å². The molecule has 0 spiro atoms. The summed E-state index contributed by atoms with van der Waals surface area (Å²) in [5, 5.41) is 8.18. The summed E-state index contributed by atoms with van der Waals surface area (Å²) in [7, 11) is 0. The Kier molecular flexibility index (Phi) is 8.33. The smallest absolute Gasteiger partial charge is 0.317 e. The second-order valence-electron chi connectivity index (χ2n) is 6.36. The third-order valence-corrected chi connectivity index (χ3v) is 4.49. The first-order valence-electron chi connectivity index (χ1n) is 8.00. The first kappa shape index (κ1) is 19.7. The molecule has 0 fully saturated rings. The summed E-state index contributed by atoms with van der Waals surface area (Å²) < 4.78 is 0. The topological polar surface area (TPSA) is 109 Å². The average molecular weight is 341 g/mol. The normalized spacial score (nSPS) is 15.3. The number of nitrogens with zero attached hydrogens (tertiary/aromatic N) is 1. The number of carbonyl (C=O) groups is 2. The lowest BCUT2D eigenvalue weighted by molar-refractivity contribution is -0.140. The zero-order chi connectivity index (χ0) is 17.4. The number of hydrogen-bond acceptors (Lipinski definition) is 5. The van der Waals surface area contributed by atoms with E-state index in [0.717, 1.165) is 25.0 Å². The van der Waals surface area contributed by atoms with Crippen molar-refractivity contribution >= 4 is 24.4 Å². The molecule has 3 atom stereocenters. The number of thiol groups is 1. The first-order valence-corrected chi connectivity index (χ1v) is 8.52. The monoisotopic (exact) mass is 341 g/mol. The number of nitrogens with two attached hydrogens (primary N) is 1. The van der Waals surface area contributed by atoms with Crippen molar-refractivity contribution in [3.8, 4) is 0 Å². The van der Waals surface area contributed by atoms with E-state index in [1.165, 1.54) is 6.33 Å². The summed E-state index contributed by atoms with van der Waals surface area (Å²) in [5.74, 6) is -1.39. The van der Waals surface area contributed by atoms with E-state index in [0.29, 0.717) is 18.8 Å². The van der Waals surface area contributed by atoms with Gasteiger partial charge in [-0.3, -0.25) is 9.59 Å². The number of unbranched alkanes of at least 4 members (excludes halogenated alkanes) is 1. The van der Waals surface area contributed by atoms with Crippen molar-refractivity contribution in [3.05, 3.63) is 18.2 Å². The quantitative estimate of drug-likeness (QED) is 0.364. The molecule has 0 radical (unpaired) electrons. The number of hydrogen-bond donors (Lipinski definition) is 4. The molecular formula is C16H27N3O3S. The van der Waals surface area contributed by atoms with Gasteiger partial charge in [0.25, 0.3) is 0 Å². The van der Waals surface area contributed by atoms with Gasteiger partial charge in [-0.05, 0) is 12.3 Å². The largest absolute Gasteiger partial charge is 0.480 e. The number of carbonyl (C=O) groups excluding carboxylic acids is 1. The van der Waals surface area contributed by atoms with Gasteiger partial charge in [0.2, 0.25) is 0 Å². The number of ketones is 1. The highest BCUT2D eigenvalue weighted by molar-refractivity contribution is 7.81. The maximum absolute atomic E-state index is 12.6. The molecule has 7 heteroatoms. The number of H-pyrrole nitrogens is 1. The van der Waals surface area contributed by atoms with Crippen LogP contribution in [0.3, 0.4) is 0 Å². The highest BCUT2D eigenvalue weighted by Crippen LogP contribution is 2.22. The zero-order valence-electron chi connectivity index (χ0n) is 13.7. The van der Waals surface area contributed by atoms with Crippen LogP contribution in [0.25, 0.3) is 0 Å². The minimum Gasteiger partial charge on any atom is -0.480 e. The molecule has 1 aromatic heterocycles. The molecule has 1 rings (SSSR count). The van der Waals surface area contributed by atoms with Crippen molar-refractivity contribution in [1.29, 1.82) is 0 Å². The fourth-order valence-corrected chi connectivity index (χ4v) is 2.85. The van der Waals surface area contributed by atoms with Crippen LogP contribution in [0, 0.1) is 11.8 Å². The van der Waals surface area contributed by atoms with E-state index in [1.54, 1.807) is 6.20 Å². The van der Waals surface area contributed by atoms with Gasteiger partial charge in [-0.15, -0.1) is 0 Å². The van der Waals surface area contributed by atoms with E-state index in [9.17, 15) is 14.7 Å². The Labute approximate surface area is 142 Å². The summed E-state index contributed by atoms with van der Waals surface area (Å²) in [6.45, 7) is 4.28. The number of nitrogens with one attached hydrogen (secondary N) is 1. The Bertz CT molecular complexity index is 491. The number of carboxylic acids is 1. The number of aromatic nitrogens is 2. The molecule has 6 nitrogen and oxygen atoms in total. The molecule has 23 heavy (non-hydrogen) atoms. The van der Waals surface area contributed by atoms with Crippen LogP contribution in [0.4, 0.5) is 0 Å². The molecule has 4 N–H and O–H groups in total. The molecule has 0 aromatic carbocycles. The van der Waals surface area contributed by atoms with Crippen LogP contribution < -0.4 is 5.73 Å². The lowest BCUT2D eigenvalue weighted by atomic mass is 9.87. The molecule has 0 aliphatic carbocycles. The van der Waals surface area contributed by atoms with Crippen LogP contribution in [0.1, 0.15) is 45.2 Å². The molecule has 0 aliphatic heterocycles. The standard InChI is InChI=1S/C16H27N3O3S/c1-10(2)5-3-4-6-12(15(23)16(21)22)14(20)13(17)7-11-8-18-9-19-11/h8-10,12-13,15,23H,3-7,17H2,1-2H3,(H,18,19)(H,21,22)/t12?,13-,15?/m0/s1. The molecule has 1 heterocycles. The van der Waals surface area contributed by atoms with Crippen molar-refractivity contribution in [3.63, 3.8) is 0 Å². The van der Waals surface area contributed by atoms with Gasteiger partial charge < -0.3 is 15.8 Å². The van der Waals surface area contributed by atoms with E-state index in [-0.39, 0.29) is 5.78 Å². The summed E-state index contributed by atoms with van der Waals surface area (Å²) in [6, 6.07) is -0.750. The highest BCUT2D eigenvalue weighted by atomic mass is 32.1. The summed E-state index contributed by atoms with van der Waals surface area (Å²) in [5.41, 5.74) is 6.74. The van der Waals surface area contributed by atoms with Gasteiger partial charge >= 0.3 is 5.97 Å². The van der Waals surface area contributed by atoms with Crippen LogP contribution >= 0.6 is 12.6 Å². The Hall–Kier alpha value is -1.34. The summed E-state index contributed by atoms with van der Waals surface area (Å²) in [4.78, 5) is 30.6. The third-order valence-electron chi connectivity index (χ3n) is 3.91. The van der Waals surface area contributed by atoms with Crippen LogP contribution in [0.2, 0.25) is 0 Å². The minimum absolute atomic E-state index is 0.244. The maximum atomic E-state index is 12.6. The van der Waals surface area contributed by atoms with Crippen LogP contribution in [0.5, 0.6) is 0 Å². The fraction of sp³-hybridized carbons (Fsp3) is 0.688. The molecule has 0 aliphatic rings. The number of Topliss-reactive ketones (excluding diaryl/α,β-unsaturated/α-hetero) is 1. The van der Waals surface area contributed by atoms with Crippen molar-refractivity contribution < 1.29 is 14.7 Å². The van der Waals surface area contributed by atoms with Crippen LogP contribution in [0.15, 0.2) is 12.5 Å². The Balaban J connectivity index is 2.65. The molecule has 0 amide bonds. The fourth-order valence-electron chi connectivity index (χ4n) is 2.55. The number of imidazole rings is 1. The molecule has 0 bridgehead atoms. The minimum atomic E-state index is -1.08. The molecular weight excluding hydrogens is 314 g/mol. The summed E-state index contributed by atoms with van der Waals surface area (Å²) in [6.07, 6.45) is 6.79. The molecule has 2 unspecified atom stereocenters. The van der Waals surface area contributed by atoms with E-state index in [2.05, 4.69) is 36.4 Å². The van der Waals surface area contributed by atoms with E-state index >= 15 is 0 Å². The van der Waals surface area contributed by atoms with Crippen LogP contribution in [-0.4, -0.2) is 38.1 Å². The average Bonchev–Trinajstić information content (AvgIpc) is 2.98. The second kappa shape index (κ2) is 9.72. The third kappa shape index (κ3) is 6.74. The first-order chi connectivity index (χ1) is 10.8. The Morgan fingerprint density at radius 1 is 1.35 bits per heavy atom. The molecule has 130 valence electrons. The highest BCUT2D eigenvalue weighted by Gasteiger charge is 2.33. The van der Waals surface area contributed by atoms with Crippen molar-refractivity contribution in [1.82, 2.24) is 9.97 Å². The van der Waals surface area contributed by atoms with Gasteiger partial charge in [-0.25, -0.2) is 4.98 Å². The lowest BCUT2D eigenvalue weighted by Crippen LogP contribution is -2.42. The van der Waals surface area contributed by atoms with Gasteiger partial charge in [0.15, 0.2) is 5.78 Å². The SMILES string of the molecule is CC(C)CCCCC(C(=O)[C@@H](N)Cc1cnc[nH]1)C(S)C(=O)O. The predicted molar refractivity (Wildman–Crippen MR) is 92.5 cm³/mol. The van der Waals surface area contributed by atoms with Gasteiger partial charge in [0, 0.05) is 24.2 Å². The number of aliphatic carboxylic acids is 1.